The van der Waals surface area contributed by atoms with Crippen LogP contribution in [0.25, 0.3) is 0 Å². The van der Waals surface area contributed by atoms with E-state index >= 15 is 0 Å². The fourth-order valence-corrected chi connectivity index (χ4v) is 3.75. The molecule has 3 rings (SSSR count). The lowest BCUT2D eigenvalue weighted by atomic mass is 10.1. The van der Waals surface area contributed by atoms with Crippen molar-refractivity contribution in [3.8, 4) is 0 Å². The van der Waals surface area contributed by atoms with Crippen LogP contribution in [-0.2, 0) is 17.5 Å². The third-order valence-electron chi connectivity index (χ3n) is 4.38. The van der Waals surface area contributed by atoms with Crippen LogP contribution in [0.15, 0.2) is 34.6 Å². The minimum atomic E-state index is -4.53. The second kappa shape index (κ2) is 7.67. The SMILES string of the molecule is Cc1csc(=NC(=O)c2cccc(C(F)(F)F)c2)n1CC(=O)N1CCCC1. The van der Waals surface area contributed by atoms with Gasteiger partial charge in [0.15, 0.2) is 4.80 Å². The highest BCUT2D eigenvalue weighted by Gasteiger charge is 2.30. The van der Waals surface area contributed by atoms with Gasteiger partial charge in [-0.2, -0.15) is 18.2 Å². The smallest absolute Gasteiger partial charge is 0.341 e. The van der Waals surface area contributed by atoms with Crippen LogP contribution in [0.1, 0.15) is 34.5 Å². The molecule has 0 aliphatic carbocycles. The van der Waals surface area contributed by atoms with E-state index in [0.29, 0.717) is 4.80 Å². The zero-order chi connectivity index (χ0) is 19.6. The molecular formula is C18H18F3N3O2S. The molecular weight excluding hydrogens is 379 g/mol. The van der Waals surface area contributed by atoms with Crippen LogP contribution >= 0.6 is 11.3 Å². The maximum Gasteiger partial charge on any atom is 0.416 e. The maximum absolute atomic E-state index is 12.8. The Morgan fingerprint density at radius 1 is 1.22 bits per heavy atom. The number of alkyl halides is 3. The molecule has 2 aromatic rings. The standard InChI is InChI=1S/C18H18F3N3O2S/c1-12-11-27-17(24(12)10-15(25)23-7-2-3-8-23)22-16(26)13-5-4-6-14(9-13)18(19,20)21/h4-6,9,11H,2-3,7-8,10H2,1H3. The second-order valence-corrected chi connectivity index (χ2v) is 7.17. The Morgan fingerprint density at radius 2 is 1.93 bits per heavy atom. The maximum atomic E-state index is 12.8. The van der Waals surface area contributed by atoms with E-state index in [-0.39, 0.29) is 18.0 Å². The van der Waals surface area contributed by atoms with Gasteiger partial charge >= 0.3 is 6.18 Å². The van der Waals surface area contributed by atoms with Crippen LogP contribution in [0.4, 0.5) is 13.2 Å². The van der Waals surface area contributed by atoms with Gasteiger partial charge in [0.05, 0.1) is 5.56 Å². The van der Waals surface area contributed by atoms with Crippen molar-refractivity contribution in [1.82, 2.24) is 9.47 Å². The molecule has 0 atom stereocenters. The summed E-state index contributed by atoms with van der Waals surface area (Å²) in [6, 6.07) is 4.16. The number of halogens is 3. The fourth-order valence-electron chi connectivity index (χ4n) is 2.88. The highest BCUT2D eigenvalue weighted by atomic mass is 32.1. The van der Waals surface area contributed by atoms with Gasteiger partial charge in [-0.25, -0.2) is 0 Å². The zero-order valence-corrected chi connectivity index (χ0v) is 15.4. The Bertz CT molecular complexity index is 924. The topological polar surface area (TPSA) is 54.7 Å². The number of likely N-dealkylation sites (tertiary alicyclic amines) is 1. The largest absolute Gasteiger partial charge is 0.416 e. The Labute approximate surface area is 157 Å². The Kier molecular flexibility index (Phi) is 5.50. The molecule has 1 aromatic carbocycles. The Balaban J connectivity index is 1.87. The van der Waals surface area contributed by atoms with Crippen molar-refractivity contribution < 1.29 is 22.8 Å². The lowest BCUT2D eigenvalue weighted by molar-refractivity contribution is -0.137. The number of benzene rings is 1. The lowest BCUT2D eigenvalue weighted by Gasteiger charge is -2.16. The van der Waals surface area contributed by atoms with Gasteiger partial charge in [-0.05, 0) is 38.0 Å². The summed E-state index contributed by atoms with van der Waals surface area (Å²) < 4.78 is 40.1. The Morgan fingerprint density at radius 3 is 2.59 bits per heavy atom. The number of hydrogen-bond acceptors (Lipinski definition) is 3. The van der Waals surface area contributed by atoms with Gasteiger partial charge in [-0.15, -0.1) is 11.3 Å². The van der Waals surface area contributed by atoms with Gasteiger partial charge in [-0.3, -0.25) is 9.59 Å². The Hall–Kier alpha value is -2.42. The van der Waals surface area contributed by atoms with E-state index in [9.17, 15) is 22.8 Å². The molecule has 9 heteroatoms. The van der Waals surface area contributed by atoms with E-state index in [2.05, 4.69) is 4.99 Å². The molecule has 1 fully saturated rings. The van der Waals surface area contributed by atoms with Crippen molar-refractivity contribution in [3.05, 3.63) is 51.3 Å². The van der Waals surface area contributed by atoms with Crippen molar-refractivity contribution in [2.75, 3.05) is 13.1 Å². The minimum Gasteiger partial charge on any atom is -0.341 e. The summed E-state index contributed by atoms with van der Waals surface area (Å²) in [5, 5.41) is 1.76. The second-order valence-electron chi connectivity index (χ2n) is 6.33. The molecule has 5 nitrogen and oxygen atoms in total. The van der Waals surface area contributed by atoms with Gasteiger partial charge in [0.1, 0.15) is 6.54 Å². The summed E-state index contributed by atoms with van der Waals surface area (Å²) >= 11 is 1.18. The summed E-state index contributed by atoms with van der Waals surface area (Å²) in [4.78, 5) is 30.8. The molecule has 0 spiro atoms. The highest BCUT2D eigenvalue weighted by molar-refractivity contribution is 7.07. The van der Waals surface area contributed by atoms with Crippen LogP contribution in [0, 0.1) is 6.92 Å². The fraction of sp³-hybridized carbons (Fsp3) is 0.389. The first-order valence-electron chi connectivity index (χ1n) is 8.45. The molecule has 1 aromatic heterocycles. The van der Waals surface area contributed by atoms with Crippen molar-refractivity contribution in [2.24, 2.45) is 4.99 Å². The van der Waals surface area contributed by atoms with E-state index in [1.54, 1.807) is 21.8 Å². The number of rotatable bonds is 3. The molecule has 0 saturated carbocycles. The van der Waals surface area contributed by atoms with Crippen LogP contribution in [0.3, 0.4) is 0 Å². The number of thiazole rings is 1. The molecule has 1 saturated heterocycles. The number of nitrogens with zero attached hydrogens (tertiary/aromatic N) is 3. The number of aryl methyl sites for hydroxylation is 1. The molecule has 2 amide bonds. The van der Waals surface area contributed by atoms with Crippen molar-refractivity contribution >= 4 is 23.2 Å². The van der Waals surface area contributed by atoms with E-state index in [0.717, 1.165) is 43.8 Å². The average Bonchev–Trinajstić information content (AvgIpc) is 3.27. The van der Waals surface area contributed by atoms with Crippen LogP contribution in [0.5, 0.6) is 0 Å². The first kappa shape index (κ1) is 19.3. The van der Waals surface area contributed by atoms with E-state index in [1.165, 1.54) is 23.5 Å². The first-order valence-corrected chi connectivity index (χ1v) is 9.32. The molecule has 0 N–H and O–H groups in total. The van der Waals surface area contributed by atoms with E-state index in [1.807, 2.05) is 0 Å². The number of hydrogen-bond donors (Lipinski definition) is 0. The molecule has 1 aliphatic heterocycles. The molecule has 0 radical (unpaired) electrons. The summed E-state index contributed by atoms with van der Waals surface area (Å²) in [6.45, 7) is 3.29. The average molecular weight is 397 g/mol. The van der Waals surface area contributed by atoms with Gasteiger partial charge < -0.3 is 9.47 Å². The van der Waals surface area contributed by atoms with Gasteiger partial charge in [0.25, 0.3) is 5.91 Å². The lowest BCUT2D eigenvalue weighted by Crippen LogP contribution is -2.34. The molecule has 1 aliphatic rings. The van der Waals surface area contributed by atoms with Gasteiger partial charge in [0, 0.05) is 29.7 Å². The monoisotopic (exact) mass is 397 g/mol. The molecule has 2 heterocycles. The van der Waals surface area contributed by atoms with Crippen LogP contribution in [0.2, 0.25) is 0 Å². The predicted molar refractivity (Wildman–Crippen MR) is 94.2 cm³/mol. The van der Waals surface area contributed by atoms with E-state index < -0.39 is 17.6 Å². The van der Waals surface area contributed by atoms with Crippen molar-refractivity contribution in [3.63, 3.8) is 0 Å². The summed E-state index contributed by atoms with van der Waals surface area (Å²) in [6.07, 6.45) is -2.58. The number of carbonyl (C=O) groups excluding carboxylic acids is 2. The van der Waals surface area contributed by atoms with Crippen LogP contribution < -0.4 is 4.80 Å². The van der Waals surface area contributed by atoms with Crippen LogP contribution in [-0.4, -0.2) is 34.4 Å². The first-order chi connectivity index (χ1) is 12.8. The van der Waals surface area contributed by atoms with Crippen molar-refractivity contribution in [2.45, 2.75) is 32.5 Å². The third kappa shape index (κ3) is 4.47. The summed E-state index contributed by atoms with van der Waals surface area (Å²) in [5.41, 5.74) is -0.278. The van der Waals surface area contributed by atoms with Gasteiger partial charge in [-0.1, -0.05) is 6.07 Å². The molecule has 27 heavy (non-hydrogen) atoms. The minimum absolute atomic E-state index is 0.0537. The molecule has 144 valence electrons. The quantitative estimate of drug-likeness (QED) is 0.799. The number of amides is 2. The zero-order valence-electron chi connectivity index (χ0n) is 14.6. The number of aromatic nitrogens is 1. The normalized spacial score (nSPS) is 15.4. The van der Waals surface area contributed by atoms with E-state index in [4.69, 9.17) is 0 Å². The highest BCUT2D eigenvalue weighted by Crippen LogP contribution is 2.29. The number of carbonyl (C=O) groups is 2. The molecule has 0 unspecified atom stereocenters. The molecule has 0 bridgehead atoms. The summed E-state index contributed by atoms with van der Waals surface area (Å²) in [7, 11) is 0. The van der Waals surface area contributed by atoms with Gasteiger partial charge in [0.2, 0.25) is 5.91 Å². The summed E-state index contributed by atoms with van der Waals surface area (Å²) in [5.74, 6) is -0.827. The third-order valence-corrected chi connectivity index (χ3v) is 5.36. The predicted octanol–water partition coefficient (Wildman–Crippen LogP) is 3.24. The van der Waals surface area contributed by atoms with Crippen molar-refractivity contribution in [1.29, 1.82) is 0 Å².